The van der Waals surface area contributed by atoms with Gasteiger partial charge in [-0.15, -0.1) is 0 Å². The Balaban J connectivity index is 2.12. The molecule has 0 aliphatic heterocycles. The van der Waals surface area contributed by atoms with E-state index in [-0.39, 0.29) is 0 Å². The van der Waals surface area contributed by atoms with Crippen molar-refractivity contribution in [2.24, 2.45) is 0 Å². The van der Waals surface area contributed by atoms with Gasteiger partial charge in [-0.05, 0) is 36.1 Å². The molecule has 0 bridgehead atoms. The lowest BCUT2D eigenvalue weighted by atomic mass is 10.0. The highest BCUT2D eigenvalue weighted by Gasteiger charge is 2.02. The summed E-state index contributed by atoms with van der Waals surface area (Å²) in [6.45, 7) is 7.17. The van der Waals surface area contributed by atoms with Gasteiger partial charge in [0.15, 0.2) is 0 Å². The third kappa shape index (κ3) is 4.42. The smallest absolute Gasteiger partial charge is 0.123 e. The maximum absolute atomic E-state index is 5.93. The van der Waals surface area contributed by atoms with Crippen molar-refractivity contribution in [2.45, 2.75) is 33.1 Å². The number of ether oxygens (including phenoxy) is 1. The van der Waals surface area contributed by atoms with Gasteiger partial charge in [0.25, 0.3) is 0 Å². The fourth-order valence-electron chi connectivity index (χ4n) is 2.12. The van der Waals surface area contributed by atoms with E-state index < -0.39 is 0 Å². The average Bonchev–Trinajstić information content (AvgIpc) is 2.45. The number of anilines is 3. The van der Waals surface area contributed by atoms with E-state index in [4.69, 9.17) is 10.5 Å². The predicted molar refractivity (Wildman–Crippen MR) is 90.5 cm³/mol. The molecule has 0 saturated carbocycles. The number of nitrogens with two attached hydrogens (primary N) is 1. The predicted octanol–water partition coefficient (Wildman–Crippen LogP) is 4.92. The Kier molecular flexibility index (Phi) is 5.09. The molecular formula is C18H24N2O. The topological polar surface area (TPSA) is 47.3 Å². The van der Waals surface area contributed by atoms with Crippen LogP contribution in [0.25, 0.3) is 0 Å². The van der Waals surface area contributed by atoms with Gasteiger partial charge >= 0.3 is 0 Å². The van der Waals surface area contributed by atoms with Crippen molar-refractivity contribution in [3.05, 3.63) is 48.0 Å². The van der Waals surface area contributed by atoms with E-state index in [1.165, 1.54) is 5.56 Å². The number of hydrogen-bond donors (Lipinski definition) is 2. The van der Waals surface area contributed by atoms with Gasteiger partial charge in [0.1, 0.15) is 5.75 Å². The highest BCUT2D eigenvalue weighted by Crippen LogP contribution is 2.26. The highest BCUT2D eigenvalue weighted by molar-refractivity contribution is 5.66. The lowest BCUT2D eigenvalue weighted by Gasteiger charge is -2.12. The Bertz CT molecular complexity index is 576. The second-order valence-corrected chi connectivity index (χ2v) is 5.54. The van der Waals surface area contributed by atoms with E-state index in [2.05, 4.69) is 50.4 Å². The van der Waals surface area contributed by atoms with Crippen LogP contribution in [0.15, 0.2) is 42.5 Å². The van der Waals surface area contributed by atoms with Gasteiger partial charge in [0.2, 0.25) is 0 Å². The zero-order valence-electron chi connectivity index (χ0n) is 13.0. The molecule has 0 spiro atoms. The van der Waals surface area contributed by atoms with Gasteiger partial charge in [-0.25, -0.2) is 0 Å². The molecule has 0 aromatic heterocycles. The molecule has 0 radical (unpaired) electrons. The molecular weight excluding hydrogens is 260 g/mol. The van der Waals surface area contributed by atoms with Crippen molar-refractivity contribution in [2.75, 3.05) is 17.7 Å². The fraction of sp³-hybridized carbons (Fsp3) is 0.333. The molecule has 0 amide bonds. The van der Waals surface area contributed by atoms with Crippen molar-refractivity contribution >= 4 is 17.1 Å². The molecule has 3 heteroatoms. The summed E-state index contributed by atoms with van der Waals surface area (Å²) in [5, 5.41) is 3.37. The highest BCUT2D eigenvalue weighted by atomic mass is 16.5. The second kappa shape index (κ2) is 7.02. The van der Waals surface area contributed by atoms with Gasteiger partial charge in [0.05, 0.1) is 6.61 Å². The summed E-state index contributed by atoms with van der Waals surface area (Å²) < 4.78 is 5.64. The fourth-order valence-corrected chi connectivity index (χ4v) is 2.12. The molecule has 0 heterocycles. The maximum Gasteiger partial charge on any atom is 0.123 e. The van der Waals surface area contributed by atoms with Crippen LogP contribution in [0.5, 0.6) is 5.75 Å². The molecule has 112 valence electrons. The summed E-state index contributed by atoms with van der Waals surface area (Å²) in [6, 6.07) is 14.2. The summed E-state index contributed by atoms with van der Waals surface area (Å²) in [4.78, 5) is 0. The van der Waals surface area contributed by atoms with Gasteiger partial charge in [0, 0.05) is 29.2 Å². The zero-order chi connectivity index (χ0) is 15.2. The summed E-state index contributed by atoms with van der Waals surface area (Å²) >= 11 is 0. The first-order valence-electron chi connectivity index (χ1n) is 7.49. The Morgan fingerprint density at radius 3 is 2.38 bits per heavy atom. The third-order valence-electron chi connectivity index (χ3n) is 3.27. The van der Waals surface area contributed by atoms with Crippen molar-refractivity contribution in [3.8, 4) is 5.75 Å². The summed E-state index contributed by atoms with van der Waals surface area (Å²) in [5.74, 6) is 1.35. The van der Waals surface area contributed by atoms with Gasteiger partial charge in [-0.1, -0.05) is 32.9 Å². The van der Waals surface area contributed by atoms with Crippen LogP contribution < -0.4 is 15.8 Å². The molecule has 0 saturated heterocycles. The lowest BCUT2D eigenvalue weighted by molar-refractivity contribution is 0.318. The quantitative estimate of drug-likeness (QED) is 0.740. The zero-order valence-corrected chi connectivity index (χ0v) is 13.0. The maximum atomic E-state index is 5.93. The number of nitrogens with one attached hydrogen (secondary N) is 1. The van der Waals surface area contributed by atoms with E-state index >= 15 is 0 Å². The third-order valence-corrected chi connectivity index (χ3v) is 3.27. The molecule has 0 aliphatic rings. The molecule has 21 heavy (non-hydrogen) atoms. The number of hydrogen-bond acceptors (Lipinski definition) is 3. The monoisotopic (exact) mass is 284 g/mol. The SMILES string of the molecule is CCCOc1cc(N)cc(Nc2ccc(C(C)C)cc2)c1. The van der Waals surface area contributed by atoms with Crippen molar-refractivity contribution in [1.29, 1.82) is 0 Å². The minimum absolute atomic E-state index is 0.542. The molecule has 3 nitrogen and oxygen atoms in total. The van der Waals surface area contributed by atoms with Crippen LogP contribution in [-0.2, 0) is 0 Å². The summed E-state index contributed by atoms with van der Waals surface area (Å²) in [5.41, 5.74) is 9.95. The molecule has 2 rings (SSSR count). The molecule has 0 atom stereocenters. The molecule has 0 fully saturated rings. The van der Waals surface area contributed by atoms with Crippen LogP contribution in [0.3, 0.4) is 0 Å². The normalized spacial score (nSPS) is 10.7. The number of benzene rings is 2. The van der Waals surface area contributed by atoms with E-state index in [0.717, 1.165) is 23.5 Å². The largest absolute Gasteiger partial charge is 0.493 e. The molecule has 3 N–H and O–H groups in total. The minimum atomic E-state index is 0.542. The molecule has 2 aromatic rings. The molecule has 0 aliphatic carbocycles. The Morgan fingerprint density at radius 2 is 1.76 bits per heavy atom. The van der Waals surface area contributed by atoms with E-state index in [0.29, 0.717) is 18.2 Å². The van der Waals surface area contributed by atoms with E-state index in [9.17, 15) is 0 Å². The lowest BCUT2D eigenvalue weighted by Crippen LogP contribution is -1.98. The van der Waals surface area contributed by atoms with Crippen LogP contribution in [0.2, 0.25) is 0 Å². The second-order valence-electron chi connectivity index (χ2n) is 5.54. The standard InChI is InChI=1S/C18H24N2O/c1-4-9-21-18-11-15(19)10-17(12-18)20-16-7-5-14(6-8-16)13(2)3/h5-8,10-13,20H,4,9,19H2,1-3H3. The Labute approximate surface area is 127 Å². The van der Waals surface area contributed by atoms with Crippen molar-refractivity contribution in [3.63, 3.8) is 0 Å². The van der Waals surface area contributed by atoms with Crippen LogP contribution in [0, 0.1) is 0 Å². The molecule has 2 aromatic carbocycles. The van der Waals surface area contributed by atoms with E-state index in [1.54, 1.807) is 0 Å². The summed E-state index contributed by atoms with van der Waals surface area (Å²) in [7, 11) is 0. The first-order chi connectivity index (χ1) is 10.1. The first-order valence-corrected chi connectivity index (χ1v) is 7.49. The number of rotatable bonds is 6. The van der Waals surface area contributed by atoms with Crippen molar-refractivity contribution < 1.29 is 4.74 Å². The summed E-state index contributed by atoms with van der Waals surface area (Å²) in [6.07, 6.45) is 0.980. The minimum Gasteiger partial charge on any atom is -0.493 e. The van der Waals surface area contributed by atoms with Crippen LogP contribution >= 0.6 is 0 Å². The number of nitrogen functional groups attached to an aromatic ring is 1. The van der Waals surface area contributed by atoms with E-state index in [1.807, 2.05) is 18.2 Å². The van der Waals surface area contributed by atoms with Gasteiger partial charge < -0.3 is 15.8 Å². The average molecular weight is 284 g/mol. The van der Waals surface area contributed by atoms with Gasteiger partial charge in [-0.2, -0.15) is 0 Å². The van der Waals surface area contributed by atoms with Crippen LogP contribution in [0.4, 0.5) is 17.1 Å². The first kappa shape index (κ1) is 15.2. The Morgan fingerprint density at radius 1 is 1.05 bits per heavy atom. The van der Waals surface area contributed by atoms with Gasteiger partial charge in [-0.3, -0.25) is 0 Å². The van der Waals surface area contributed by atoms with Crippen LogP contribution in [0.1, 0.15) is 38.7 Å². The van der Waals surface area contributed by atoms with Crippen LogP contribution in [-0.4, -0.2) is 6.61 Å². The van der Waals surface area contributed by atoms with Crippen molar-refractivity contribution in [1.82, 2.24) is 0 Å². The Hall–Kier alpha value is -2.16. The molecule has 0 unspecified atom stereocenters.